The molecule has 2 rings (SSSR count). The van der Waals surface area contributed by atoms with Crippen LogP contribution in [0.2, 0.25) is 0 Å². The first-order valence-corrected chi connectivity index (χ1v) is 9.82. The maximum Gasteiger partial charge on any atom is 0.257 e. The van der Waals surface area contributed by atoms with Gasteiger partial charge in [-0.3, -0.25) is 14.9 Å². The third kappa shape index (κ3) is 5.54. The van der Waals surface area contributed by atoms with Crippen molar-refractivity contribution in [3.8, 4) is 0 Å². The van der Waals surface area contributed by atoms with Crippen molar-refractivity contribution < 1.29 is 9.59 Å². The third-order valence-corrected chi connectivity index (χ3v) is 5.34. The van der Waals surface area contributed by atoms with Crippen molar-refractivity contribution in [2.75, 3.05) is 11.1 Å². The first-order chi connectivity index (χ1) is 11.9. The van der Waals surface area contributed by atoms with E-state index in [0.717, 1.165) is 0 Å². The van der Waals surface area contributed by atoms with Crippen molar-refractivity contribution in [1.82, 2.24) is 15.1 Å². The minimum atomic E-state index is -0.227. The predicted molar refractivity (Wildman–Crippen MR) is 102 cm³/mol. The molecule has 0 aliphatic heterocycles. The third-order valence-electron chi connectivity index (χ3n) is 3.38. The summed E-state index contributed by atoms with van der Waals surface area (Å²) in [6.07, 6.45) is 0. The summed E-state index contributed by atoms with van der Waals surface area (Å²) in [4.78, 5) is 26.3. The van der Waals surface area contributed by atoms with E-state index in [0.29, 0.717) is 20.8 Å². The van der Waals surface area contributed by atoms with Gasteiger partial charge in [0.15, 0.2) is 4.34 Å². The minimum Gasteiger partial charge on any atom is -0.337 e. The Labute approximate surface area is 156 Å². The fourth-order valence-corrected chi connectivity index (χ4v) is 4.06. The first kappa shape index (κ1) is 19.4. The summed E-state index contributed by atoms with van der Waals surface area (Å²) < 4.78 is 0.657. The van der Waals surface area contributed by atoms with Crippen LogP contribution in [0.1, 0.15) is 38.1 Å². The smallest absolute Gasteiger partial charge is 0.257 e. The number of benzene rings is 1. The fourth-order valence-electron chi connectivity index (χ4n) is 2.45. The van der Waals surface area contributed by atoms with Crippen molar-refractivity contribution in [3.05, 3.63) is 35.9 Å². The maximum absolute atomic E-state index is 12.4. The Morgan fingerprint density at radius 1 is 1.12 bits per heavy atom. The van der Waals surface area contributed by atoms with E-state index in [9.17, 15) is 9.59 Å². The number of nitrogens with zero attached hydrogens (tertiary/aromatic N) is 3. The standard InChI is InChI=1S/C17H22N4O2S2/c1-11(2)21(12(3)4)14(22)10-24-17-20-19-16(25-17)18-15(23)13-8-6-5-7-9-13/h5-9,11-12H,10H2,1-4H3,(H,18,19,23). The summed E-state index contributed by atoms with van der Waals surface area (Å²) in [6, 6.07) is 9.24. The van der Waals surface area contributed by atoms with E-state index in [1.165, 1.54) is 23.1 Å². The van der Waals surface area contributed by atoms with Gasteiger partial charge in [-0.2, -0.15) is 0 Å². The van der Waals surface area contributed by atoms with Gasteiger partial charge in [0.1, 0.15) is 0 Å². The number of carbonyl (C=O) groups is 2. The van der Waals surface area contributed by atoms with Crippen molar-refractivity contribution in [2.24, 2.45) is 0 Å². The molecule has 1 heterocycles. The maximum atomic E-state index is 12.4. The van der Waals surface area contributed by atoms with Crippen molar-refractivity contribution in [3.63, 3.8) is 0 Å². The highest BCUT2D eigenvalue weighted by Crippen LogP contribution is 2.26. The lowest BCUT2D eigenvalue weighted by molar-refractivity contribution is -0.131. The second kappa shape index (κ2) is 8.96. The van der Waals surface area contributed by atoms with Gasteiger partial charge < -0.3 is 4.90 Å². The van der Waals surface area contributed by atoms with Crippen LogP contribution in [0.5, 0.6) is 0 Å². The first-order valence-electron chi connectivity index (χ1n) is 8.02. The monoisotopic (exact) mass is 378 g/mol. The van der Waals surface area contributed by atoms with Crippen LogP contribution >= 0.6 is 23.1 Å². The van der Waals surface area contributed by atoms with E-state index in [1.54, 1.807) is 24.3 Å². The van der Waals surface area contributed by atoms with Crippen LogP contribution in [-0.4, -0.2) is 44.7 Å². The molecule has 0 unspecified atom stereocenters. The molecule has 1 N–H and O–H groups in total. The lowest BCUT2D eigenvalue weighted by atomic mass is 10.2. The summed E-state index contributed by atoms with van der Waals surface area (Å²) >= 11 is 2.60. The summed E-state index contributed by atoms with van der Waals surface area (Å²) in [7, 11) is 0. The molecule has 0 aliphatic rings. The molecule has 2 amide bonds. The Hall–Kier alpha value is -1.93. The van der Waals surface area contributed by atoms with Gasteiger partial charge in [0.25, 0.3) is 5.91 Å². The molecule has 0 saturated carbocycles. The molecule has 25 heavy (non-hydrogen) atoms. The van der Waals surface area contributed by atoms with Crippen LogP contribution < -0.4 is 5.32 Å². The van der Waals surface area contributed by atoms with E-state index in [1.807, 2.05) is 38.7 Å². The summed E-state index contributed by atoms with van der Waals surface area (Å²) in [6.45, 7) is 8.02. The average molecular weight is 379 g/mol. The predicted octanol–water partition coefficient (Wildman–Crippen LogP) is 3.53. The largest absolute Gasteiger partial charge is 0.337 e. The number of rotatable bonds is 7. The molecule has 1 aromatic carbocycles. The van der Waals surface area contributed by atoms with Crippen LogP contribution in [0.25, 0.3) is 0 Å². The Kier molecular flexibility index (Phi) is 6.95. The molecule has 0 bridgehead atoms. The lowest BCUT2D eigenvalue weighted by Gasteiger charge is -2.30. The van der Waals surface area contributed by atoms with Crippen molar-refractivity contribution >= 4 is 40.0 Å². The molecule has 134 valence electrons. The highest BCUT2D eigenvalue weighted by Gasteiger charge is 2.20. The molecule has 2 aromatic rings. The second-order valence-corrected chi connectivity index (χ2v) is 8.17. The average Bonchev–Trinajstić information content (AvgIpc) is 3.00. The minimum absolute atomic E-state index is 0.0695. The van der Waals surface area contributed by atoms with E-state index >= 15 is 0 Å². The molecular weight excluding hydrogens is 356 g/mol. The van der Waals surface area contributed by atoms with Gasteiger partial charge in [0.05, 0.1) is 5.75 Å². The molecule has 0 saturated heterocycles. The number of amides is 2. The zero-order valence-electron chi connectivity index (χ0n) is 14.7. The Morgan fingerprint density at radius 3 is 2.36 bits per heavy atom. The fraction of sp³-hybridized carbons (Fsp3) is 0.412. The number of nitrogens with one attached hydrogen (secondary N) is 1. The topological polar surface area (TPSA) is 75.2 Å². The van der Waals surface area contributed by atoms with E-state index in [4.69, 9.17) is 0 Å². The van der Waals surface area contributed by atoms with Crippen LogP contribution in [0.15, 0.2) is 34.7 Å². The molecule has 0 fully saturated rings. The quantitative estimate of drug-likeness (QED) is 0.589. The van der Waals surface area contributed by atoms with Gasteiger partial charge in [-0.1, -0.05) is 41.3 Å². The molecule has 6 nitrogen and oxygen atoms in total. The van der Waals surface area contributed by atoms with E-state index in [-0.39, 0.29) is 23.9 Å². The van der Waals surface area contributed by atoms with Gasteiger partial charge in [-0.25, -0.2) is 0 Å². The van der Waals surface area contributed by atoms with Gasteiger partial charge in [0, 0.05) is 17.6 Å². The zero-order chi connectivity index (χ0) is 18.4. The molecule has 0 spiro atoms. The number of anilines is 1. The number of thioether (sulfide) groups is 1. The van der Waals surface area contributed by atoms with Gasteiger partial charge >= 0.3 is 0 Å². The van der Waals surface area contributed by atoms with Gasteiger partial charge in [-0.15, -0.1) is 10.2 Å². The van der Waals surface area contributed by atoms with Crippen LogP contribution in [0, 0.1) is 0 Å². The molecule has 0 atom stereocenters. The Balaban J connectivity index is 1.91. The number of hydrogen-bond donors (Lipinski definition) is 1. The van der Waals surface area contributed by atoms with E-state index < -0.39 is 0 Å². The number of hydrogen-bond acceptors (Lipinski definition) is 6. The van der Waals surface area contributed by atoms with Crippen molar-refractivity contribution in [1.29, 1.82) is 0 Å². The second-order valence-electron chi connectivity index (χ2n) is 5.97. The van der Waals surface area contributed by atoms with Crippen LogP contribution in [-0.2, 0) is 4.79 Å². The Morgan fingerprint density at radius 2 is 1.76 bits per heavy atom. The summed E-state index contributed by atoms with van der Waals surface area (Å²) in [5, 5.41) is 11.1. The highest BCUT2D eigenvalue weighted by molar-refractivity contribution is 8.01. The number of carbonyl (C=O) groups excluding carboxylic acids is 2. The highest BCUT2D eigenvalue weighted by atomic mass is 32.2. The SMILES string of the molecule is CC(C)N(C(=O)CSc1nnc(NC(=O)c2ccccc2)s1)C(C)C. The molecular formula is C17H22N4O2S2. The molecule has 1 aromatic heterocycles. The molecule has 0 radical (unpaired) electrons. The summed E-state index contributed by atoms with van der Waals surface area (Å²) in [5.74, 6) is 0.146. The number of aromatic nitrogens is 2. The van der Waals surface area contributed by atoms with Crippen LogP contribution in [0.3, 0.4) is 0 Å². The Bertz CT molecular complexity index is 708. The van der Waals surface area contributed by atoms with Crippen molar-refractivity contribution in [2.45, 2.75) is 44.1 Å². The van der Waals surface area contributed by atoms with Gasteiger partial charge in [0.2, 0.25) is 11.0 Å². The summed E-state index contributed by atoms with van der Waals surface area (Å²) in [5.41, 5.74) is 0.562. The zero-order valence-corrected chi connectivity index (χ0v) is 16.4. The van der Waals surface area contributed by atoms with E-state index in [2.05, 4.69) is 15.5 Å². The molecule has 0 aliphatic carbocycles. The normalized spacial score (nSPS) is 11.0. The lowest BCUT2D eigenvalue weighted by Crippen LogP contribution is -2.43. The van der Waals surface area contributed by atoms with Crippen LogP contribution in [0.4, 0.5) is 5.13 Å². The van der Waals surface area contributed by atoms with Gasteiger partial charge in [-0.05, 0) is 39.8 Å². The molecule has 8 heteroatoms.